The molecule has 2 heterocycles. The number of halogens is 1. The minimum atomic E-state index is 0.347. The van der Waals surface area contributed by atoms with Crippen LogP contribution >= 0.6 is 11.6 Å². The molecule has 0 atom stereocenters. The lowest BCUT2D eigenvalue weighted by atomic mass is 10.1. The van der Waals surface area contributed by atoms with Gasteiger partial charge in [-0.15, -0.1) is 11.6 Å². The molecule has 4 heteroatoms. The molecule has 0 unspecified atom stereocenters. The second-order valence-corrected chi connectivity index (χ2v) is 5.11. The van der Waals surface area contributed by atoms with E-state index in [9.17, 15) is 0 Å². The maximum Gasteiger partial charge on any atom is 0.164 e. The topological polar surface area (TPSA) is 30.7 Å². The Kier molecular flexibility index (Phi) is 2.86. The van der Waals surface area contributed by atoms with E-state index in [-0.39, 0.29) is 0 Å². The van der Waals surface area contributed by atoms with Gasteiger partial charge < -0.3 is 0 Å². The lowest BCUT2D eigenvalue weighted by Gasteiger charge is -2.10. The Morgan fingerprint density at radius 3 is 2.71 bits per heavy atom. The molecule has 0 saturated heterocycles. The molecule has 0 fully saturated rings. The van der Waals surface area contributed by atoms with Crippen LogP contribution in [0.5, 0.6) is 0 Å². The van der Waals surface area contributed by atoms with Gasteiger partial charge in [-0.05, 0) is 23.6 Å². The molecule has 0 radical (unpaired) electrons. The van der Waals surface area contributed by atoms with Crippen LogP contribution in [-0.2, 0) is 5.88 Å². The summed E-state index contributed by atoms with van der Waals surface area (Å²) in [6, 6.07) is 18.4. The first-order chi connectivity index (χ1) is 10.4. The number of pyridine rings is 1. The number of hydrogen-bond acceptors (Lipinski definition) is 2. The SMILES string of the molecule is ClCc1nc2cccnc2n1-c1cccc2ccccc12. The van der Waals surface area contributed by atoms with Gasteiger partial charge in [0.15, 0.2) is 5.65 Å². The molecule has 21 heavy (non-hydrogen) atoms. The van der Waals surface area contributed by atoms with Gasteiger partial charge in [-0.1, -0.05) is 36.4 Å². The largest absolute Gasteiger partial charge is 0.279 e. The van der Waals surface area contributed by atoms with Crippen LogP contribution < -0.4 is 0 Å². The summed E-state index contributed by atoms with van der Waals surface area (Å²) >= 11 is 6.09. The average Bonchev–Trinajstić information content (AvgIpc) is 2.92. The monoisotopic (exact) mass is 293 g/mol. The van der Waals surface area contributed by atoms with Crippen molar-refractivity contribution in [1.29, 1.82) is 0 Å². The van der Waals surface area contributed by atoms with Crippen LogP contribution in [0.3, 0.4) is 0 Å². The zero-order valence-electron chi connectivity index (χ0n) is 11.2. The summed E-state index contributed by atoms with van der Waals surface area (Å²) in [5.41, 5.74) is 2.76. The second kappa shape index (κ2) is 4.86. The number of aromatic nitrogens is 3. The third kappa shape index (κ3) is 1.89. The van der Waals surface area contributed by atoms with Crippen LogP contribution in [0.2, 0.25) is 0 Å². The van der Waals surface area contributed by atoms with E-state index in [1.54, 1.807) is 6.20 Å². The van der Waals surface area contributed by atoms with Gasteiger partial charge in [0.2, 0.25) is 0 Å². The van der Waals surface area contributed by atoms with Gasteiger partial charge in [0, 0.05) is 11.6 Å². The Hall–Kier alpha value is -2.39. The normalized spacial score (nSPS) is 11.3. The van der Waals surface area contributed by atoms with Gasteiger partial charge in [-0.2, -0.15) is 0 Å². The van der Waals surface area contributed by atoms with Crippen LogP contribution in [0.4, 0.5) is 0 Å². The zero-order valence-corrected chi connectivity index (χ0v) is 12.0. The molecule has 0 aliphatic heterocycles. The highest BCUT2D eigenvalue weighted by molar-refractivity contribution is 6.17. The van der Waals surface area contributed by atoms with Crippen LogP contribution in [0.15, 0.2) is 60.8 Å². The van der Waals surface area contributed by atoms with E-state index >= 15 is 0 Å². The maximum absolute atomic E-state index is 6.09. The smallest absolute Gasteiger partial charge is 0.164 e. The van der Waals surface area contributed by atoms with Crippen LogP contribution in [0.1, 0.15) is 5.82 Å². The van der Waals surface area contributed by atoms with E-state index in [4.69, 9.17) is 11.6 Å². The van der Waals surface area contributed by atoms with E-state index in [0.717, 1.165) is 28.1 Å². The van der Waals surface area contributed by atoms with E-state index in [1.807, 2.05) is 34.9 Å². The minimum Gasteiger partial charge on any atom is -0.279 e. The summed E-state index contributed by atoms with van der Waals surface area (Å²) in [6.45, 7) is 0. The Labute approximate surface area is 126 Å². The van der Waals surface area contributed by atoms with Crippen LogP contribution in [0.25, 0.3) is 27.6 Å². The van der Waals surface area contributed by atoms with Gasteiger partial charge in [0.1, 0.15) is 11.3 Å². The Morgan fingerprint density at radius 2 is 1.81 bits per heavy atom. The quantitative estimate of drug-likeness (QED) is 0.516. The first-order valence-corrected chi connectivity index (χ1v) is 7.28. The predicted molar refractivity (Wildman–Crippen MR) is 85.9 cm³/mol. The Morgan fingerprint density at radius 1 is 0.952 bits per heavy atom. The highest BCUT2D eigenvalue weighted by Gasteiger charge is 2.14. The second-order valence-electron chi connectivity index (χ2n) is 4.84. The molecule has 0 saturated carbocycles. The first-order valence-electron chi connectivity index (χ1n) is 6.75. The third-order valence-corrected chi connectivity index (χ3v) is 3.85. The minimum absolute atomic E-state index is 0.347. The van der Waals surface area contributed by atoms with Crippen molar-refractivity contribution < 1.29 is 0 Å². The molecule has 2 aromatic heterocycles. The maximum atomic E-state index is 6.09. The standard InChI is InChI=1S/C17H12ClN3/c18-11-16-20-14-8-4-10-19-17(14)21(16)15-9-3-6-12-5-1-2-7-13(12)15/h1-10H,11H2. The molecule has 0 amide bonds. The van der Waals surface area contributed by atoms with Gasteiger partial charge in [-0.25, -0.2) is 9.97 Å². The van der Waals surface area contributed by atoms with Crippen molar-refractivity contribution in [3.8, 4) is 5.69 Å². The highest BCUT2D eigenvalue weighted by Crippen LogP contribution is 2.27. The summed E-state index contributed by atoms with van der Waals surface area (Å²) in [5.74, 6) is 1.15. The fraction of sp³-hybridized carbons (Fsp3) is 0.0588. The molecule has 0 N–H and O–H groups in total. The van der Waals surface area contributed by atoms with Crippen molar-refractivity contribution >= 4 is 33.5 Å². The molecule has 0 aliphatic carbocycles. The lowest BCUT2D eigenvalue weighted by Crippen LogP contribution is -2.01. The van der Waals surface area contributed by atoms with E-state index in [0.29, 0.717) is 5.88 Å². The van der Waals surface area contributed by atoms with Gasteiger partial charge in [-0.3, -0.25) is 4.57 Å². The predicted octanol–water partition coefficient (Wildman–Crippen LogP) is 4.31. The molecule has 102 valence electrons. The van der Waals surface area contributed by atoms with Crippen molar-refractivity contribution in [2.45, 2.75) is 5.88 Å². The molecule has 3 nitrogen and oxygen atoms in total. The van der Waals surface area contributed by atoms with E-state index in [2.05, 4.69) is 34.2 Å². The molecule has 0 aliphatic rings. The number of alkyl halides is 1. The third-order valence-electron chi connectivity index (χ3n) is 3.61. The average molecular weight is 294 g/mol. The summed E-state index contributed by atoms with van der Waals surface area (Å²) < 4.78 is 2.05. The van der Waals surface area contributed by atoms with Crippen molar-refractivity contribution in [3.05, 3.63) is 66.6 Å². The molecule has 0 bridgehead atoms. The fourth-order valence-electron chi connectivity index (χ4n) is 2.71. The first kappa shape index (κ1) is 12.4. The summed E-state index contributed by atoms with van der Waals surface area (Å²) in [6.07, 6.45) is 1.78. The summed E-state index contributed by atoms with van der Waals surface area (Å²) in [4.78, 5) is 9.06. The number of rotatable bonds is 2. The highest BCUT2D eigenvalue weighted by atomic mass is 35.5. The Bertz CT molecular complexity index is 938. The molecule has 0 spiro atoms. The van der Waals surface area contributed by atoms with Gasteiger partial charge in [0.25, 0.3) is 0 Å². The number of nitrogens with zero attached hydrogens (tertiary/aromatic N) is 3. The fourth-order valence-corrected chi connectivity index (χ4v) is 2.88. The van der Waals surface area contributed by atoms with Crippen molar-refractivity contribution in [2.75, 3.05) is 0 Å². The number of imidazole rings is 1. The number of benzene rings is 2. The molecule has 4 rings (SSSR count). The summed E-state index contributed by atoms with van der Waals surface area (Å²) in [7, 11) is 0. The van der Waals surface area contributed by atoms with Crippen LogP contribution in [-0.4, -0.2) is 14.5 Å². The van der Waals surface area contributed by atoms with Crippen molar-refractivity contribution in [1.82, 2.24) is 14.5 Å². The van der Waals surface area contributed by atoms with E-state index in [1.165, 1.54) is 5.39 Å². The number of fused-ring (bicyclic) bond motifs is 2. The Balaban J connectivity index is 2.13. The van der Waals surface area contributed by atoms with E-state index < -0.39 is 0 Å². The molecular formula is C17H12ClN3. The molecule has 2 aromatic carbocycles. The van der Waals surface area contributed by atoms with Gasteiger partial charge >= 0.3 is 0 Å². The van der Waals surface area contributed by atoms with Crippen molar-refractivity contribution in [2.24, 2.45) is 0 Å². The van der Waals surface area contributed by atoms with Crippen molar-refractivity contribution in [3.63, 3.8) is 0 Å². The molecular weight excluding hydrogens is 282 g/mol. The number of hydrogen-bond donors (Lipinski definition) is 0. The van der Waals surface area contributed by atoms with Gasteiger partial charge in [0.05, 0.1) is 11.6 Å². The van der Waals surface area contributed by atoms with Crippen LogP contribution in [0, 0.1) is 0 Å². The molecule has 4 aromatic rings. The summed E-state index contributed by atoms with van der Waals surface area (Å²) in [5, 5.41) is 2.35. The zero-order chi connectivity index (χ0) is 14.2. The lowest BCUT2D eigenvalue weighted by molar-refractivity contribution is 0.977.